The van der Waals surface area contributed by atoms with Gasteiger partial charge >= 0.3 is 12.3 Å². The van der Waals surface area contributed by atoms with E-state index < -0.39 is 17.3 Å². The van der Waals surface area contributed by atoms with Crippen LogP contribution in [0.25, 0.3) is 11.3 Å². The van der Waals surface area contributed by atoms with Crippen molar-refractivity contribution in [2.45, 2.75) is 51.9 Å². The maximum atomic E-state index is 13.5. The second-order valence-electron chi connectivity index (χ2n) is 9.36. The van der Waals surface area contributed by atoms with Crippen LogP contribution in [0.5, 0.6) is 0 Å². The van der Waals surface area contributed by atoms with E-state index in [1.807, 2.05) is 20.8 Å². The zero-order valence-electron chi connectivity index (χ0n) is 19.9. The van der Waals surface area contributed by atoms with Crippen LogP contribution in [0.3, 0.4) is 0 Å². The largest absolute Gasteiger partial charge is 0.444 e. The Morgan fingerprint density at radius 1 is 1.20 bits per heavy atom. The van der Waals surface area contributed by atoms with E-state index in [1.165, 1.54) is 12.3 Å². The van der Waals surface area contributed by atoms with Crippen molar-refractivity contribution in [3.63, 3.8) is 0 Å². The highest BCUT2D eigenvalue weighted by atomic mass is 19.4. The lowest BCUT2D eigenvalue weighted by Gasteiger charge is -2.39. The maximum absolute atomic E-state index is 13.5. The van der Waals surface area contributed by atoms with Crippen molar-refractivity contribution in [2.24, 2.45) is 0 Å². The summed E-state index contributed by atoms with van der Waals surface area (Å²) in [4.78, 5) is 22.3. The SMILES string of the molecule is CCc1ccc(-c2ccnc(Nc3cnn(C4CN(C(=O)OC(C)(C)C)C4)c3)n2)cc1C(F)(F)F. The summed E-state index contributed by atoms with van der Waals surface area (Å²) in [6.45, 7) is 8.12. The van der Waals surface area contributed by atoms with Crippen molar-refractivity contribution in [2.75, 3.05) is 18.4 Å². The van der Waals surface area contributed by atoms with Gasteiger partial charge in [-0.3, -0.25) is 4.68 Å². The fraction of sp³-hybridized carbons (Fsp3) is 0.417. The molecule has 4 rings (SSSR count). The molecule has 11 heteroatoms. The molecule has 0 radical (unpaired) electrons. The molecule has 1 fully saturated rings. The number of amides is 1. The van der Waals surface area contributed by atoms with Gasteiger partial charge in [0.2, 0.25) is 5.95 Å². The summed E-state index contributed by atoms with van der Waals surface area (Å²) in [6.07, 6.45) is 0.344. The molecule has 2 aromatic heterocycles. The van der Waals surface area contributed by atoms with Gasteiger partial charge in [-0.25, -0.2) is 14.8 Å². The Morgan fingerprint density at radius 2 is 1.94 bits per heavy atom. The van der Waals surface area contributed by atoms with Crippen LogP contribution >= 0.6 is 0 Å². The maximum Gasteiger partial charge on any atom is 0.416 e. The minimum atomic E-state index is -4.44. The minimum Gasteiger partial charge on any atom is -0.444 e. The topological polar surface area (TPSA) is 85.2 Å². The Balaban J connectivity index is 1.43. The van der Waals surface area contributed by atoms with E-state index in [2.05, 4.69) is 20.4 Å². The zero-order valence-corrected chi connectivity index (χ0v) is 19.9. The van der Waals surface area contributed by atoms with Gasteiger partial charge in [0.15, 0.2) is 0 Å². The van der Waals surface area contributed by atoms with Crippen LogP contribution in [0.4, 0.5) is 29.6 Å². The second kappa shape index (κ2) is 9.20. The van der Waals surface area contributed by atoms with Gasteiger partial charge in [-0.05, 0) is 44.9 Å². The number of ether oxygens (including phenoxy) is 1. The number of carbonyl (C=O) groups is 1. The second-order valence-corrected chi connectivity index (χ2v) is 9.36. The number of aryl methyl sites for hydroxylation is 1. The Bertz CT molecular complexity index is 1210. The third-order valence-electron chi connectivity index (χ3n) is 5.49. The summed E-state index contributed by atoms with van der Waals surface area (Å²) in [5.74, 6) is 0.235. The Kier molecular flexibility index (Phi) is 6.44. The lowest BCUT2D eigenvalue weighted by Crippen LogP contribution is -2.52. The summed E-state index contributed by atoms with van der Waals surface area (Å²) in [5, 5.41) is 7.37. The summed E-state index contributed by atoms with van der Waals surface area (Å²) in [7, 11) is 0. The molecule has 1 N–H and O–H groups in total. The minimum absolute atomic E-state index is 0.0168. The first-order valence-electron chi connectivity index (χ1n) is 11.3. The Hall–Kier alpha value is -3.63. The van der Waals surface area contributed by atoms with Gasteiger partial charge in [0, 0.05) is 31.0 Å². The fourth-order valence-electron chi connectivity index (χ4n) is 3.72. The molecule has 1 aliphatic heterocycles. The van der Waals surface area contributed by atoms with Crippen LogP contribution in [-0.2, 0) is 17.3 Å². The number of anilines is 2. The molecule has 0 aliphatic carbocycles. The first kappa shape index (κ1) is 24.5. The molecular formula is C24H27F3N6O2. The Morgan fingerprint density at radius 3 is 2.60 bits per heavy atom. The van der Waals surface area contributed by atoms with Crippen molar-refractivity contribution < 1.29 is 22.7 Å². The monoisotopic (exact) mass is 488 g/mol. The van der Waals surface area contributed by atoms with Gasteiger partial charge in [-0.2, -0.15) is 18.3 Å². The number of benzene rings is 1. The molecule has 186 valence electrons. The quantitative estimate of drug-likeness (QED) is 0.514. The fourth-order valence-corrected chi connectivity index (χ4v) is 3.72. The number of carbonyl (C=O) groups excluding carboxylic acids is 1. The van der Waals surface area contributed by atoms with Crippen molar-refractivity contribution >= 4 is 17.7 Å². The molecule has 3 aromatic rings. The molecular weight excluding hydrogens is 461 g/mol. The lowest BCUT2D eigenvalue weighted by molar-refractivity contribution is -0.138. The van der Waals surface area contributed by atoms with Crippen molar-refractivity contribution in [3.8, 4) is 11.3 Å². The molecule has 0 saturated carbocycles. The van der Waals surface area contributed by atoms with Gasteiger partial charge in [-0.1, -0.05) is 19.1 Å². The normalized spacial score (nSPS) is 14.5. The van der Waals surface area contributed by atoms with Gasteiger partial charge in [0.25, 0.3) is 0 Å². The predicted molar refractivity (Wildman–Crippen MR) is 124 cm³/mol. The molecule has 8 nitrogen and oxygen atoms in total. The molecule has 1 aliphatic rings. The van der Waals surface area contributed by atoms with E-state index in [0.29, 0.717) is 30.0 Å². The highest BCUT2D eigenvalue weighted by Gasteiger charge is 2.35. The third kappa shape index (κ3) is 5.72. The van der Waals surface area contributed by atoms with Gasteiger partial charge in [0.05, 0.1) is 29.2 Å². The van der Waals surface area contributed by atoms with Crippen LogP contribution in [0.15, 0.2) is 42.9 Å². The van der Waals surface area contributed by atoms with E-state index >= 15 is 0 Å². The van der Waals surface area contributed by atoms with Crippen LogP contribution < -0.4 is 5.32 Å². The van der Waals surface area contributed by atoms with Gasteiger partial charge in [0.1, 0.15) is 5.60 Å². The van der Waals surface area contributed by atoms with Gasteiger partial charge < -0.3 is 15.0 Å². The molecule has 1 aromatic carbocycles. The standard InChI is InChI=1S/C24H27F3N6O2/c1-5-15-6-7-16(10-19(15)24(25,26)27)20-8-9-28-21(31-20)30-17-11-29-33(12-17)18-13-32(14-18)22(34)35-23(2,3)4/h6-12,18H,5,13-14H2,1-4H3,(H,28,30,31). The predicted octanol–water partition coefficient (Wildman–Crippen LogP) is 5.46. The first-order valence-corrected chi connectivity index (χ1v) is 11.3. The number of nitrogens with one attached hydrogen (secondary N) is 1. The van der Waals surface area contributed by atoms with E-state index in [9.17, 15) is 18.0 Å². The van der Waals surface area contributed by atoms with E-state index in [-0.39, 0.29) is 30.1 Å². The van der Waals surface area contributed by atoms with Crippen molar-refractivity contribution in [3.05, 3.63) is 54.0 Å². The van der Waals surface area contributed by atoms with Crippen molar-refractivity contribution in [1.29, 1.82) is 0 Å². The zero-order chi connectivity index (χ0) is 25.4. The molecule has 1 amide bonds. The van der Waals surface area contributed by atoms with Crippen LogP contribution in [0, 0.1) is 0 Å². The molecule has 1 saturated heterocycles. The van der Waals surface area contributed by atoms with Crippen molar-refractivity contribution in [1.82, 2.24) is 24.6 Å². The summed E-state index contributed by atoms with van der Waals surface area (Å²) in [6, 6.07) is 5.82. The first-order chi connectivity index (χ1) is 16.4. The molecule has 0 spiro atoms. The highest BCUT2D eigenvalue weighted by Crippen LogP contribution is 2.35. The number of nitrogens with zero attached hydrogens (tertiary/aromatic N) is 5. The molecule has 3 heterocycles. The highest BCUT2D eigenvalue weighted by molar-refractivity contribution is 5.69. The number of alkyl halides is 3. The average Bonchev–Trinajstić information content (AvgIpc) is 3.18. The number of aromatic nitrogens is 4. The van der Waals surface area contributed by atoms with Crippen LogP contribution in [0.1, 0.15) is 44.9 Å². The number of likely N-dealkylation sites (tertiary alicyclic amines) is 1. The van der Waals surface area contributed by atoms with Gasteiger partial charge in [-0.15, -0.1) is 0 Å². The summed E-state index contributed by atoms with van der Waals surface area (Å²) in [5.41, 5.74) is 0.374. The van der Waals surface area contributed by atoms with E-state index in [0.717, 1.165) is 6.07 Å². The third-order valence-corrected chi connectivity index (χ3v) is 5.49. The number of halogens is 3. The van der Waals surface area contributed by atoms with E-state index in [4.69, 9.17) is 4.74 Å². The molecule has 0 atom stereocenters. The number of hydrogen-bond donors (Lipinski definition) is 1. The summed E-state index contributed by atoms with van der Waals surface area (Å²) >= 11 is 0. The Labute approximate surface area is 201 Å². The van der Waals surface area contributed by atoms with E-state index in [1.54, 1.807) is 41.0 Å². The van der Waals surface area contributed by atoms with Crippen LogP contribution in [-0.4, -0.2) is 49.4 Å². The number of rotatable bonds is 5. The summed E-state index contributed by atoms with van der Waals surface area (Å²) < 4.78 is 47.5. The average molecular weight is 489 g/mol. The molecule has 35 heavy (non-hydrogen) atoms. The lowest BCUT2D eigenvalue weighted by atomic mass is 10.00. The van der Waals surface area contributed by atoms with Crippen LogP contribution in [0.2, 0.25) is 0 Å². The molecule has 0 unspecified atom stereocenters. The smallest absolute Gasteiger partial charge is 0.416 e. The molecule has 0 bridgehead atoms. The number of hydrogen-bond acceptors (Lipinski definition) is 6.